The van der Waals surface area contributed by atoms with Gasteiger partial charge in [-0.2, -0.15) is 0 Å². The van der Waals surface area contributed by atoms with Gasteiger partial charge >= 0.3 is 0 Å². The summed E-state index contributed by atoms with van der Waals surface area (Å²) in [6.07, 6.45) is 1.20. The highest BCUT2D eigenvalue weighted by Gasteiger charge is 2.22. The van der Waals surface area contributed by atoms with Crippen LogP contribution in [0.4, 0.5) is 0 Å². The molecule has 1 heterocycles. The van der Waals surface area contributed by atoms with Crippen LogP contribution in [0.5, 0.6) is 0 Å². The van der Waals surface area contributed by atoms with Crippen molar-refractivity contribution in [3.63, 3.8) is 0 Å². The summed E-state index contributed by atoms with van der Waals surface area (Å²) < 4.78 is 9.84. The minimum Gasteiger partial charge on any atom is -0.368 e. The Balaban J connectivity index is 2.14. The molecular weight excluding hydrogens is 235 g/mol. The van der Waals surface area contributed by atoms with Gasteiger partial charge in [-0.25, -0.2) is 0 Å². The molecule has 0 aromatic rings. The molecule has 0 saturated carbocycles. The standard InChI is InChI=1S/C5H9IO3/c6-8-3-4-1-2-5(7)9-4/h4-5,7H,1-3H2. The van der Waals surface area contributed by atoms with Crippen molar-refractivity contribution in [2.75, 3.05) is 6.61 Å². The lowest BCUT2D eigenvalue weighted by Gasteiger charge is -2.06. The van der Waals surface area contributed by atoms with E-state index in [0.29, 0.717) is 6.61 Å². The van der Waals surface area contributed by atoms with Gasteiger partial charge in [-0.05, 0) is 6.42 Å². The van der Waals surface area contributed by atoms with Crippen molar-refractivity contribution < 1.29 is 12.9 Å². The van der Waals surface area contributed by atoms with Crippen molar-refractivity contribution in [2.24, 2.45) is 0 Å². The molecule has 1 aliphatic heterocycles. The maximum absolute atomic E-state index is 8.85. The topological polar surface area (TPSA) is 38.7 Å². The van der Waals surface area contributed by atoms with Crippen molar-refractivity contribution in [2.45, 2.75) is 25.2 Å². The summed E-state index contributed by atoms with van der Waals surface area (Å²) in [6, 6.07) is 0. The Morgan fingerprint density at radius 2 is 2.44 bits per heavy atom. The number of aliphatic hydroxyl groups excluding tert-OH is 1. The zero-order chi connectivity index (χ0) is 6.69. The molecule has 54 valence electrons. The first-order chi connectivity index (χ1) is 4.33. The Hall–Kier alpha value is 0.610. The van der Waals surface area contributed by atoms with Gasteiger partial charge in [0.25, 0.3) is 0 Å². The van der Waals surface area contributed by atoms with Gasteiger partial charge in [-0.15, -0.1) is 0 Å². The number of rotatable bonds is 2. The zero-order valence-corrected chi connectivity index (χ0v) is 7.08. The Morgan fingerprint density at radius 1 is 1.67 bits per heavy atom. The van der Waals surface area contributed by atoms with Crippen molar-refractivity contribution >= 4 is 23.0 Å². The van der Waals surface area contributed by atoms with Crippen LogP contribution in [-0.2, 0) is 7.80 Å². The van der Waals surface area contributed by atoms with E-state index in [1.807, 2.05) is 23.0 Å². The number of ether oxygens (including phenoxy) is 1. The molecule has 1 aliphatic rings. The van der Waals surface area contributed by atoms with E-state index in [-0.39, 0.29) is 6.10 Å². The van der Waals surface area contributed by atoms with Crippen LogP contribution in [0.15, 0.2) is 0 Å². The smallest absolute Gasteiger partial charge is 0.155 e. The van der Waals surface area contributed by atoms with E-state index in [9.17, 15) is 0 Å². The molecule has 2 atom stereocenters. The maximum atomic E-state index is 8.85. The van der Waals surface area contributed by atoms with Crippen LogP contribution in [0, 0.1) is 0 Å². The lowest BCUT2D eigenvalue weighted by molar-refractivity contribution is -0.0959. The Bertz CT molecular complexity index is 86.3. The van der Waals surface area contributed by atoms with Gasteiger partial charge in [-0.1, -0.05) is 0 Å². The lowest BCUT2D eigenvalue weighted by atomic mass is 10.2. The SMILES string of the molecule is OC1CCC(COI)O1. The van der Waals surface area contributed by atoms with E-state index < -0.39 is 6.29 Å². The zero-order valence-electron chi connectivity index (χ0n) is 4.92. The molecule has 0 aromatic heterocycles. The van der Waals surface area contributed by atoms with Crippen LogP contribution in [-0.4, -0.2) is 24.1 Å². The molecule has 0 amide bonds. The lowest BCUT2D eigenvalue weighted by Crippen LogP contribution is -2.13. The fourth-order valence-electron chi connectivity index (χ4n) is 0.880. The second-order valence-corrected chi connectivity index (χ2v) is 2.69. The molecule has 0 spiro atoms. The van der Waals surface area contributed by atoms with Crippen LogP contribution >= 0.6 is 23.0 Å². The van der Waals surface area contributed by atoms with Gasteiger partial charge in [0, 0.05) is 6.42 Å². The summed E-state index contributed by atoms with van der Waals surface area (Å²) in [7, 11) is 0. The molecule has 1 saturated heterocycles. The summed E-state index contributed by atoms with van der Waals surface area (Å²) in [6.45, 7) is 0.581. The average molecular weight is 244 g/mol. The maximum Gasteiger partial charge on any atom is 0.155 e. The minimum absolute atomic E-state index is 0.108. The second kappa shape index (κ2) is 3.70. The molecule has 1 rings (SSSR count). The molecule has 2 unspecified atom stereocenters. The number of hydrogen-bond acceptors (Lipinski definition) is 3. The first kappa shape index (κ1) is 7.71. The van der Waals surface area contributed by atoms with E-state index in [2.05, 4.69) is 0 Å². The van der Waals surface area contributed by atoms with E-state index in [1.54, 1.807) is 0 Å². The summed E-state index contributed by atoms with van der Waals surface area (Å²) in [5.74, 6) is 0. The van der Waals surface area contributed by atoms with Crippen molar-refractivity contribution in [3.8, 4) is 0 Å². The van der Waals surface area contributed by atoms with E-state index in [0.717, 1.165) is 12.8 Å². The fraction of sp³-hybridized carbons (Fsp3) is 1.00. The normalized spacial score (nSPS) is 35.3. The molecule has 1 N–H and O–H groups in total. The van der Waals surface area contributed by atoms with Crippen LogP contribution in [0.1, 0.15) is 12.8 Å². The summed E-state index contributed by atoms with van der Waals surface area (Å²) >= 11 is 1.82. The van der Waals surface area contributed by atoms with Crippen molar-refractivity contribution in [1.29, 1.82) is 0 Å². The Labute approximate surface area is 68.0 Å². The Kier molecular flexibility index (Phi) is 3.17. The van der Waals surface area contributed by atoms with Crippen molar-refractivity contribution in [1.82, 2.24) is 0 Å². The quantitative estimate of drug-likeness (QED) is 0.732. The number of hydrogen-bond donors (Lipinski definition) is 1. The average Bonchev–Trinajstić information content (AvgIpc) is 2.17. The predicted octanol–water partition coefficient (Wildman–Crippen LogP) is 0.850. The third-order valence-electron chi connectivity index (χ3n) is 1.33. The van der Waals surface area contributed by atoms with Crippen LogP contribution < -0.4 is 0 Å². The van der Waals surface area contributed by atoms with Gasteiger partial charge < -0.3 is 12.9 Å². The van der Waals surface area contributed by atoms with Gasteiger partial charge in [-0.3, -0.25) is 0 Å². The van der Waals surface area contributed by atoms with Gasteiger partial charge in [0.2, 0.25) is 0 Å². The van der Waals surface area contributed by atoms with E-state index >= 15 is 0 Å². The summed E-state index contributed by atoms with van der Waals surface area (Å²) in [4.78, 5) is 0. The monoisotopic (exact) mass is 244 g/mol. The van der Waals surface area contributed by atoms with Crippen LogP contribution in [0.3, 0.4) is 0 Å². The highest BCUT2D eigenvalue weighted by Crippen LogP contribution is 2.17. The molecule has 0 radical (unpaired) electrons. The molecule has 4 heteroatoms. The Morgan fingerprint density at radius 3 is 2.89 bits per heavy atom. The van der Waals surface area contributed by atoms with E-state index in [1.165, 1.54) is 0 Å². The number of halogens is 1. The molecule has 0 aromatic carbocycles. The summed E-state index contributed by atoms with van der Waals surface area (Å²) in [5.41, 5.74) is 0. The number of aliphatic hydroxyl groups is 1. The van der Waals surface area contributed by atoms with E-state index in [4.69, 9.17) is 12.9 Å². The molecule has 0 aliphatic carbocycles. The fourth-order valence-corrected chi connectivity index (χ4v) is 1.28. The predicted molar refractivity (Wildman–Crippen MR) is 40.1 cm³/mol. The van der Waals surface area contributed by atoms with Crippen molar-refractivity contribution in [3.05, 3.63) is 0 Å². The largest absolute Gasteiger partial charge is 0.368 e. The van der Waals surface area contributed by atoms with Gasteiger partial charge in [0.1, 0.15) is 23.0 Å². The minimum atomic E-state index is -0.554. The molecular formula is C5H9IO3. The highest BCUT2D eigenvalue weighted by atomic mass is 127. The molecule has 0 bridgehead atoms. The highest BCUT2D eigenvalue weighted by molar-refractivity contribution is 14.1. The van der Waals surface area contributed by atoms with Crippen LogP contribution in [0.2, 0.25) is 0 Å². The summed E-state index contributed by atoms with van der Waals surface area (Å²) in [5, 5.41) is 8.85. The molecule has 1 fully saturated rings. The van der Waals surface area contributed by atoms with Gasteiger partial charge in [0.05, 0.1) is 12.7 Å². The first-order valence-corrected chi connectivity index (χ1v) is 3.78. The third kappa shape index (κ3) is 2.37. The first-order valence-electron chi connectivity index (χ1n) is 2.90. The molecule has 3 nitrogen and oxygen atoms in total. The second-order valence-electron chi connectivity index (χ2n) is 2.07. The van der Waals surface area contributed by atoms with Crippen LogP contribution in [0.25, 0.3) is 0 Å². The van der Waals surface area contributed by atoms with Gasteiger partial charge in [0.15, 0.2) is 6.29 Å². The molecule has 9 heavy (non-hydrogen) atoms. The third-order valence-corrected chi connectivity index (χ3v) is 1.69.